The zero-order valence-corrected chi connectivity index (χ0v) is 13.8. The normalized spacial score (nSPS) is 16.9. The van der Waals surface area contributed by atoms with Gasteiger partial charge in [-0.25, -0.2) is 0 Å². The van der Waals surface area contributed by atoms with Crippen LogP contribution in [0.5, 0.6) is 0 Å². The lowest BCUT2D eigenvalue weighted by atomic mass is 9.85. The molecule has 1 heterocycles. The van der Waals surface area contributed by atoms with Crippen LogP contribution < -0.4 is 5.73 Å². The summed E-state index contributed by atoms with van der Waals surface area (Å²) in [5, 5.41) is 11.5. The van der Waals surface area contributed by atoms with Gasteiger partial charge in [-0.3, -0.25) is 9.69 Å². The van der Waals surface area contributed by atoms with E-state index >= 15 is 0 Å². The first kappa shape index (κ1) is 16.7. The lowest BCUT2D eigenvalue weighted by molar-refractivity contribution is -0.123. The van der Waals surface area contributed by atoms with E-state index < -0.39 is 5.60 Å². The van der Waals surface area contributed by atoms with Gasteiger partial charge in [0.2, 0.25) is 5.91 Å². The molecule has 0 bridgehead atoms. The Bertz CT molecular complexity index is 625. The quantitative estimate of drug-likeness (QED) is 0.885. The van der Waals surface area contributed by atoms with Crippen LogP contribution in [0.1, 0.15) is 24.0 Å². The van der Waals surface area contributed by atoms with Crippen molar-refractivity contribution in [1.82, 2.24) is 4.90 Å². The number of piperidine rings is 1. The molecular weight excluding hydrogens is 300 g/mol. The molecule has 1 fully saturated rings. The Balaban J connectivity index is 1.83. The molecule has 0 radical (unpaired) electrons. The number of amides is 1. The Hall–Kier alpha value is -2.17. The van der Waals surface area contributed by atoms with Crippen molar-refractivity contribution >= 4 is 5.91 Å². The summed E-state index contributed by atoms with van der Waals surface area (Å²) in [5.41, 5.74) is 6.11. The van der Waals surface area contributed by atoms with Crippen LogP contribution in [0.15, 0.2) is 60.7 Å². The molecule has 4 heteroatoms. The molecule has 126 valence electrons. The van der Waals surface area contributed by atoms with E-state index in [4.69, 9.17) is 5.73 Å². The summed E-state index contributed by atoms with van der Waals surface area (Å²) < 4.78 is 0. The molecule has 0 spiro atoms. The van der Waals surface area contributed by atoms with Crippen molar-refractivity contribution < 1.29 is 9.90 Å². The van der Waals surface area contributed by atoms with Gasteiger partial charge in [-0.05, 0) is 37.1 Å². The average Bonchev–Trinajstić information content (AvgIpc) is 2.63. The van der Waals surface area contributed by atoms with Gasteiger partial charge in [0.15, 0.2) is 0 Å². The first-order valence-electron chi connectivity index (χ1n) is 8.45. The number of nitrogens with zero attached hydrogens (tertiary/aromatic N) is 1. The van der Waals surface area contributed by atoms with Gasteiger partial charge in [0.1, 0.15) is 5.60 Å². The fourth-order valence-corrected chi connectivity index (χ4v) is 3.48. The third-order valence-electron chi connectivity index (χ3n) is 4.95. The molecule has 0 unspecified atom stereocenters. The molecule has 2 aromatic carbocycles. The number of benzene rings is 2. The number of primary amides is 1. The number of nitrogens with two attached hydrogens (primary N) is 1. The Morgan fingerprint density at radius 3 is 1.88 bits per heavy atom. The maximum absolute atomic E-state index is 11.5. The molecule has 3 N–H and O–H groups in total. The van der Waals surface area contributed by atoms with E-state index in [1.165, 1.54) is 0 Å². The predicted molar refractivity (Wildman–Crippen MR) is 94.2 cm³/mol. The predicted octanol–water partition coefficient (Wildman–Crippen LogP) is 2.12. The minimum atomic E-state index is -1.07. The fourth-order valence-electron chi connectivity index (χ4n) is 3.48. The van der Waals surface area contributed by atoms with Gasteiger partial charge in [-0.15, -0.1) is 0 Å². The molecule has 1 amide bonds. The van der Waals surface area contributed by atoms with Crippen LogP contribution in [-0.2, 0) is 10.4 Å². The van der Waals surface area contributed by atoms with E-state index in [-0.39, 0.29) is 11.8 Å². The Morgan fingerprint density at radius 1 is 1.00 bits per heavy atom. The van der Waals surface area contributed by atoms with Crippen molar-refractivity contribution in [2.24, 2.45) is 11.7 Å². The summed E-state index contributed by atoms with van der Waals surface area (Å²) in [6.45, 7) is 2.05. The van der Waals surface area contributed by atoms with Crippen molar-refractivity contribution in [3.63, 3.8) is 0 Å². The van der Waals surface area contributed by atoms with E-state index in [0.717, 1.165) is 37.1 Å². The van der Waals surface area contributed by atoms with Crippen LogP contribution in [-0.4, -0.2) is 35.5 Å². The molecule has 0 saturated carbocycles. The lowest BCUT2D eigenvalue weighted by Gasteiger charge is -2.38. The smallest absolute Gasteiger partial charge is 0.220 e. The van der Waals surface area contributed by atoms with E-state index in [1.54, 1.807) is 0 Å². The number of aliphatic hydroxyl groups is 1. The van der Waals surface area contributed by atoms with Crippen molar-refractivity contribution in [2.75, 3.05) is 19.6 Å². The van der Waals surface area contributed by atoms with Crippen molar-refractivity contribution in [3.8, 4) is 0 Å². The summed E-state index contributed by atoms with van der Waals surface area (Å²) in [6.07, 6.45) is 1.52. The van der Waals surface area contributed by atoms with Gasteiger partial charge in [0, 0.05) is 12.5 Å². The third-order valence-corrected chi connectivity index (χ3v) is 4.95. The number of carbonyl (C=O) groups is 1. The molecule has 0 atom stereocenters. The monoisotopic (exact) mass is 324 g/mol. The summed E-state index contributed by atoms with van der Waals surface area (Å²) in [7, 11) is 0. The van der Waals surface area contributed by atoms with Crippen LogP contribution in [0.4, 0.5) is 0 Å². The summed E-state index contributed by atoms with van der Waals surface area (Å²) in [6, 6.07) is 19.5. The standard InChI is InChI=1S/C20H24N2O2/c21-19(23)16-11-13-22(14-12-16)15-20(24,17-7-3-1-4-8-17)18-9-5-2-6-10-18/h1-10,16,24H,11-15H2,(H2,21,23). The van der Waals surface area contributed by atoms with Crippen LogP contribution in [0.3, 0.4) is 0 Å². The zero-order valence-electron chi connectivity index (χ0n) is 13.8. The fraction of sp³-hybridized carbons (Fsp3) is 0.350. The molecule has 3 rings (SSSR count). The molecular formula is C20H24N2O2. The molecule has 24 heavy (non-hydrogen) atoms. The second kappa shape index (κ2) is 7.16. The molecule has 2 aromatic rings. The van der Waals surface area contributed by atoms with E-state index in [9.17, 15) is 9.90 Å². The molecule has 1 aliphatic rings. The summed E-state index contributed by atoms with van der Waals surface area (Å²) in [5.74, 6) is -0.251. The first-order valence-corrected chi connectivity index (χ1v) is 8.45. The van der Waals surface area contributed by atoms with Gasteiger partial charge in [-0.1, -0.05) is 60.7 Å². The van der Waals surface area contributed by atoms with E-state index in [1.807, 2.05) is 60.7 Å². The van der Waals surface area contributed by atoms with Crippen LogP contribution in [0.25, 0.3) is 0 Å². The molecule has 0 aromatic heterocycles. The van der Waals surface area contributed by atoms with Gasteiger partial charge >= 0.3 is 0 Å². The number of likely N-dealkylation sites (tertiary alicyclic amines) is 1. The zero-order chi connectivity index (χ0) is 17.0. The van der Waals surface area contributed by atoms with Gasteiger partial charge in [0.25, 0.3) is 0 Å². The molecule has 1 saturated heterocycles. The molecule has 1 aliphatic heterocycles. The van der Waals surface area contributed by atoms with E-state index in [0.29, 0.717) is 6.54 Å². The highest BCUT2D eigenvalue weighted by molar-refractivity contribution is 5.76. The second-order valence-electron chi connectivity index (χ2n) is 6.55. The van der Waals surface area contributed by atoms with Crippen LogP contribution >= 0.6 is 0 Å². The summed E-state index contributed by atoms with van der Waals surface area (Å²) in [4.78, 5) is 13.6. The minimum Gasteiger partial charge on any atom is -0.379 e. The highest BCUT2D eigenvalue weighted by Gasteiger charge is 2.35. The van der Waals surface area contributed by atoms with Gasteiger partial charge in [-0.2, -0.15) is 0 Å². The Kier molecular flexibility index (Phi) is 4.97. The number of carbonyl (C=O) groups excluding carboxylic acids is 1. The Labute approximate surface area is 142 Å². The maximum atomic E-state index is 11.5. The average molecular weight is 324 g/mol. The highest BCUT2D eigenvalue weighted by atomic mass is 16.3. The molecule has 0 aliphatic carbocycles. The maximum Gasteiger partial charge on any atom is 0.220 e. The number of β-amino-alcohol motifs (C(OH)–C–C–N with tert-alkyl or cyclic N) is 1. The SMILES string of the molecule is NC(=O)C1CCN(CC(O)(c2ccccc2)c2ccccc2)CC1. The first-order chi connectivity index (χ1) is 11.6. The minimum absolute atomic E-state index is 0.0391. The second-order valence-corrected chi connectivity index (χ2v) is 6.55. The van der Waals surface area contributed by atoms with Crippen LogP contribution in [0.2, 0.25) is 0 Å². The number of rotatable bonds is 5. The largest absolute Gasteiger partial charge is 0.379 e. The highest BCUT2D eigenvalue weighted by Crippen LogP contribution is 2.32. The van der Waals surface area contributed by atoms with Crippen LogP contribution in [0, 0.1) is 5.92 Å². The van der Waals surface area contributed by atoms with Gasteiger partial charge < -0.3 is 10.8 Å². The van der Waals surface area contributed by atoms with Crippen molar-refractivity contribution in [1.29, 1.82) is 0 Å². The molecule has 4 nitrogen and oxygen atoms in total. The Morgan fingerprint density at radius 2 is 1.46 bits per heavy atom. The topological polar surface area (TPSA) is 66.6 Å². The number of hydrogen-bond donors (Lipinski definition) is 2. The van der Waals surface area contributed by atoms with Crippen molar-refractivity contribution in [3.05, 3.63) is 71.8 Å². The van der Waals surface area contributed by atoms with Gasteiger partial charge in [0.05, 0.1) is 0 Å². The third kappa shape index (κ3) is 3.50. The summed E-state index contributed by atoms with van der Waals surface area (Å²) >= 11 is 0. The van der Waals surface area contributed by atoms with Crippen molar-refractivity contribution in [2.45, 2.75) is 18.4 Å². The lowest BCUT2D eigenvalue weighted by Crippen LogP contribution is -2.46. The number of hydrogen-bond acceptors (Lipinski definition) is 3. The van der Waals surface area contributed by atoms with E-state index in [2.05, 4.69) is 4.90 Å².